The Labute approximate surface area is 142 Å². The van der Waals surface area contributed by atoms with Crippen LogP contribution in [0.5, 0.6) is 0 Å². The summed E-state index contributed by atoms with van der Waals surface area (Å²) >= 11 is 1.40. The molecule has 118 valence electrons. The normalized spacial score (nSPS) is 12.2. The van der Waals surface area contributed by atoms with Crippen LogP contribution < -0.4 is 5.32 Å². The average molecular weight is 334 g/mol. The predicted octanol–water partition coefficient (Wildman–Crippen LogP) is 3.72. The van der Waals surface area contributed by atoms with E-state index < -0.39 is 6.04 Å². The number of nitrogens with zero attached hydrogens (tertiary/aromatic N) is 3. The van der Waals surface area contributed by atoms with Gasteiger partial charge in [0.25, 0.3) is 5.91 Å². The first kappa shape index (κ1) is 14.6. The molecule has 4 aromatic rings. The van der Waals surface area contributed by atoms with Crippen LogP contribution in [0.1, 0.15) is 11.6 Å². The molecular weight excluding hydrogens is 320 g/mol. The number of fused-ring (bicyclic) bond motifs is 1. The molecule has 0 aliphatic carbocycles. The number of hydrogen-bond acceptors (Lipinski definition) is 4. The van der Waals surface area contributed by atoms with E-state index in [-0.39, 0.29) is 5.91 Å². The third-order valence-corrected chi connectivity index (χ3v) is 4.47. The van der Waals surface area contributed by atoms with E-state index in [1.807, 2.05) is 64.5 Å². The van der Waals surface area contributed by atoms with Crippen molar-refractivity contribution < 1.29 is 4.79 Å². The molecule has 2 aromatic heterocycles. The number of nitrogens with one attached hydrogen (secondary N) is 1. The summed E-state index contributed by atoms with van der Waals surface area (Å²) in [7, 11) is 0. The summed E-state index contributed by atoms with van der Waals surface area (Å²) in [5.41, 5.74) is 2.68. The van der Waals surface area contributed by atoms with Gasteiger partial charge >= 0.3 is 0 Å². The van der Waals surface area contributed by atoms with Crippen molar-refractivity contribution in [1.82, 2.24) is 14.5 Å². The van der Waals surface area contributed by atoms with Crippen molar-refractivity contribution in [3.63, 3.8) is 0 Å². The molecule has 6 heteroatoms. The molecule has 1 N–H and O–H groups in total. The minimum Gasteiger partial charge on any atom is -0.314 e. The molecule has 0 bridgehead atoms. The van der Waals surface area contributed by atoms with Gasteiger partial charge in [-0.3, -0.25) is 10.1 Å². The molecule has 0 aliphatic heterocycles. The number of imidazole rings is 1. The molecule has 0 saturated heterocycles. The lowest BCUT2D eigenvalue weighted by atomic mass is 10.1. The number of carbonyl (C=O) groups excluding carboxylic acids is 1. The lowest BCUT2D eigenvalue weighted by molar-refractivity contribution is -0.118. The quantitative estimate of drug-likeness (QED) is 0.619. The molecule has 1 amide bonds. The van der Waals surface area contributed by atoms with Crippen LogP contribution in [0.15, 0.2) is 72.5 Å². The molecular formula is C18H14N4OS. The van der Waals surface area contributed by atoms with Crippen molar-refractivity contribution >= 4 is 33.4 Å². The maximum atomic E-state index is 13.0. The molecule has 2 heterocycles. The summed E-state index contributed by atoms with van der Waals surface area (Å²) in [5, 5.41) is 5.31. The molecule has 0 saturated carbocycles. The van der Waals surface area contributed by atoms with Gasteiger partial charge < -0.3 is 4.57 Å². The number of anilines is 1. The van der Waals surface area contributed by atoms with Gasteiger partial charge in [0, 0.05) is 11.6 Å². The second-order valence-corrected chi connectivity index (χ2v) is 6.17. The van der Waals surface area contributed by atoms with Crippen molar-refractivity contribution in [3.05, 3.63) is 78.1 Å². The van der Waals surface area contributed by atoms with E-state index in [0.717, 1.165) is 16.6 Å². The van der Waals surface area contributed by atoms with E-state index in [1.54, 1.807) is 12.5 Å². The van der Waals surface area contributed by atoms with Crippen LogP contribution in [0, 0.1) is 0 Å². The van der Waals surface area contributed by atoms with Gasteiger partial charge in [-0.1, -0.05) is 42.5 Å². The summed E-state index contributed by atoms with van der Waals surface area (Å²) < 4.78 is 1.90. The Kier molecular flexibility index (Phi) is 3.80. The molecule has 0 unspecified atom stereocenters. The molecule has 0 aliphatic rings. The van der Waals surface area contributed by atoms with Crippen LogP contribution in [0.3, 0.4) is 0 Å². The average Bonchev–Trinajstić information content (AvgIpc) is 3.27. The van der Waals surface area contributed by atoms with E-state index >= 15 is 0 Å². The van der Waals surface area contributed by atoms with E-state index in [1.165, 1.54) is 11.3 Å². The highest BCUT2D eigenvalue weighted by Gasteiger charge is 2.24. The Morgan fingerprint density at radius 2 is 1.83 bits per heavy atom. The van der Waals surface area contributed by atoms with Gasteiger partial charge in [0.15, 0.2) is 5.13 Å². The number of carbonyl (C=O) groups is 1. The summed E-state index contributed by atoms with van der Waals surface area (Å²) in [6.07, 6.45) is 3.38. The fourth-order valence-electron chi connectivity index (χ4n) is 2.72. The SMILES string of the molecule is O=C(Nc1nccs1)[C@@H](c1ccccc1)n1cnc2ccccc21. The topological polar surface area (TPSA) is 59.8 Å². The third-order valence-electron chi connectivity index (χ3n) is 3.79. The van der Waals surface area contributed by atoms with Crippen molar-refractivity contribution in [2.45, 2.75) is 6.04 Å². The van der Waals surface area contributed by atoms with E-state index in [4.69, 9.17) is 0 Å². The van der Waals surface area contributed by atoms with Gasteiger partial charge in [0.2, 0.25) is 0 Å². The highest BCUT2D eigenvalue weighted by Crippen LogP contribution is 2.25. The lowest BCUT2D eigenvalue weighted by Crippen LogP contribution is -2.26. The Bertz CT molecular complexity index is 963. The van der Waals surface area contributed by atoms with Crippen molar-refractivity contribution in [1.29, 1.82) is 0 Å². The maximum Gasteiger partial charge on any atom is 0.253 e. The Morgan fingerprint density at radius 3 is 2.62 bits per heavy atom. The lowest BCUT2D eigenvalue weighted by Gasteiger charge is -2.19. The molecule has 0 radical (unpaired) electrons. The number of aromatic nitrogens is 3. The highest BCUT2D eigenvalue weighted by atomic mass is 32.1. The molecule has 24 heavy (non-hydrogen) atoms. The number of amides is 1. The monoisotopic (exact) mass is 334 g/mol. The number of hydrogen-bond donors (Lipinski definition) is 1. The van der Waals surface area contributed by atoms with E-state index in [2.05, 4.69) is 15.3 Å². The Balaban J connectivity index is 1.80. The smallest absolute Gasteiger partial charge is 0.253 e. The molecule has 4 rings (SSSR count). The van der Waals surface area contributed by atoms with Crippen LogP contribution in [-0.4, -0.2) is 20.4 Å². The second-order valence-electron chi connectivity index (χ2n) is 5.28. The zero-order valence-electron chi connectivity index (χ0n) is 12.7. The van der Waals surface area contributed by atoms with Crippen LogP contribution in [0.25, 0.3) is 11.0 Å². The number of para-hydroxylation sites is 2. The van der Waals surface area contributed by atoms with Gasteiger partial charge in [-0.25, -0.2) is 9.97 Å². The summed E-state index contributed by atoms with van der Waals surface area (Å²) in [5.74, 6) is -0.140. The molecule has 2 aromatic carbocycles. The minimum atomic E-state index is -0.512. The standard InChI is InChI=1S/C18H14N4OS/c23-17(21-18-19-10-11-24-18)16(13-6-2-1-3-7-13)22-12-20-14-8-4-5-9-15(14)22/h1-12,16H,(H,19,21,23)/t16-/m1/s1. The third kappa shape index (κ3) is 2.68. The first-order chi connectivity index (χ1) is 11.8. The summed E-state index contributed by atoms with van der Waals surface area (Å²) in [4.78, 5) is 21.5. The molecule has 1 atom stereocenters. The van der Waals surface area contributed by atoms with Crippen molar-refractivity contribution in [2.24, 2.45) is 0 Å². The van der Waals surface area contributed by atoms with Crippen molar-refractivity contribution in [2.75, 3.05) is 5.32 Å². The molecule has 5 nitrogen and oxygen atoms in total. The molecule has 0 spiro atoms. The Hall–Kier alpha value is -2.99. The number of benzene rings is 2. The maximum absolute atomic E-state index is 13.0. The largest absolute Gasteiger partial charge is 0.314 e. The van der Waals surface area contributed by atoms with Gasteiger partial charge in [0.1, 0.15) is 6.04 Å². The van der Waals surface area contributed by atoms with Gasteiger partial charge in [-0.05, 0) is 17.7 Å². The van der Waals surface area contributed by atoms with Crippen LogP contribution in [0.4, 0.5) is 5.13 Å². The predicted molar refractivity (Wildman–Crippen MR) is 95.1 cm³/mol. The molecule has 0 fully saturated rings. The highest BCUT2D eigenvalue weighted by molar-refractivity contribution is 7.13. The number of rotatable bonds is 4. The first-order valence-corrected chi connectivity index (χ1v) is 8.38. The summed E-state index contributed by atoms with van der Waals surface area (Å²) in [6.45, 7) is 0. The fraction of sp³-hybridized carbons (Fsp3) is 0.0556. The van der Waals surface area contributed by atoms with Gasteiger partial charge in [0.05, 0.1) is 17.4 Å². The van der Waals surface area contributed by atoms with Gasteiger partial charge in [-0.15, -0.1) is 11.3 Å². The van der Waals surface area contributed by atoms with Crippen LogP contribution in [-0.2, 0) is 4.79 Å². The zero-order valence-corrected chi connectivity index (χ0v) is 13.5. The Morgan fingerprint density at radius 1 is 1.04 bits per heavy atom. The minimum absolute atomic E-state index is 0.140. The second kappa shape index (κ2) is 6.25. The van der Waals surface area contributed by atoms with Gasteiger partial charge in [-0.2, -0.15) is 0 Å². The zero-order chi connectivity index (χ0) is 16.4. The number of thiazole rings is 1. The van der Waals surface area contributed by atoms with Crippen molar-refractivity contribution in [3.8, 4) is 0 Å². The van der Waals surface area contributed by atoms with E-state index in [9.17, 15) is 4.79 Å². The van der Waals surface area contributed by atoms with Crippen LogP contribution >= 0.6 is 11.3 Å². The first-order valence-electron chi connectivity index (χ1n) is 7.50. The fourth-order valence-corrected chi connectivity index (χ4v) is 3.25. The summed E-state index contributed by atoms with van der Waals surface area (Å²) in [6, 6.07) is 17.0. The van der Waals surface area contributed by atoms with E-state index in [0.29, 0.717) is 5.13 Å². The van der Waals surface area contributed by atoms with Crippen LogP contribution in [0.2, 0.25) is 0 Å².